The number of nitrogens with zero attached hydrogens (tertiary/aromatic N) is 1. The Kier molecular flexibility index (Phi) is 9.95. The summed E-state index contributed by atoms with van der Waals surface area (Å²) in [4.78, 5) is 28.9. The van der Waals surface area contributed by atoms with E-state index in [1.165, 1.54) is 18.2 Å². The lowest BCUT2D eigenvalue weighted by Crippen LogP contribution is -2.27. The van der Waals surface area contributed by atoms with Crippen LogP contribution in [-0.2, 0) is 9.63 Å². The van der Waals surface area contributed by atoms with E-state index in [4.69, 9.17) is 5.90 Å². The van der Waals surface area contributed by atoms with Crippen LogP contribution in [0.5, 0.6) is 0 Å². The van der Waals surface area contributed by atoms with E-state index in [0.29, 0.717) is 34.6 Å². The molecule has 202 valence electrons. The predicted octanol–water partition coefficient (Wildman–Crippen LogP) is 4.22. The summed E-state index contributed by atoms with van der Waals surface area (Å²) in [6, 6.07) is 15.3. The first kappa shape index (κ1) is 28.8. The van der Waals surface area contributed by atoms with Crippen LogP contribution in [0.3, 0.4) is 0 Å². The molecular weight excluding hydrogens is 489 g/mol. The number of benzene rings is 2. The number of aliphatic hydroxyl groups is 2. The van der Waals surface area contributed by atoms with Gasteiger partial charge in [0.05, 0.1) is 18.6 Å². The summed E-state index contributed by atoms with van der Waals surface area (Å²) < 4.78 is 15.8. The van der Waals surface area contributed by atoms with E-state index in [1.54, 1.807) is 18.2 Å². The molecule has 1 amide bonds. The van der Waals surface area contributed by atoms with Gasteiger partial charge in [0.25, 0.3) is 5.91 Å². The third-order valence-electron chi connectivity index (χ3n) is 6.03. The smallest absolute Gasteiger partial charge is 0.327 e. The summed E-state index contributed by atoms with van der Waals surface area (Å²) >= 11 is 0. The first-order valence-electron chi connectivity index (χ1n) is 12.5. The Morgan fingerprint density at radius 3 is 2.26 bits per heavy atom. The molecule has 0 radical (unpaired) electrons. The normalized spacial score (nSPS) is 13.1. The largest absolute Gasteiger partial charge is 0.392 e. The number of aliphatic hydroxyl groups excluding tert-OH is 2. The first-order chi connectivity index (χ1) is 18.2. The van der Waals surface area contributed by atoms with E-state index in [9.17, 15) is 24.2 Å². The highest BCUT2D eigenvalue weighted by Crippen LogP contribution is 2.42. The zero-order valence-corrected chi connectivity index (χ0v) is 21.7. The maximum atomic E-state index is 13.9. The fraction of sp³-hybridized carbons (Fsp3) is 0.310. The molecule has 2 aromatic carbocycles. The zero-order chi connectivity index (χ0) is 27.8. The highest BCUT2D eigenvalue weighted by atomic mass is 19.1. The second-order valence-corrected chi connectivity index (χ2v) is 9.19. The highest BCUT2D eigenvalue weighted by Gasteiger charge is 2.29. The lowest BCUT2D eigenvalue weighted by molar-refractivity contribution is -0.146. The predicted molar refractivity (Wildman–Crippen MR) is 144 cm³/mol. The van der Waals surface area contributed by atoms with Crippen LogP contribution in [0.4, 0.5) is 4.39 Å². The van der Waals surface area contributed by atoms with Gasteiger partial charge in [-0.25, -0.2) is 4.39 Å². The van der Waals surface area contributed by atoms with Gasteiger partial charge in [-0.2, -0.15) is 5.90 Å². The van der Waals surface area contributed by atoms with Crippen molar-refractivity contribution in [1.82, 2.24) is 9.88 Å². The van der Waals surface area contributed by atoms with E-state index in [1.807, 2.05) is 55.7 Å². The molecule has 3 aromatic rings. The maximum absolute atomic E-state index is 13.9. The Balaban J connectivity index is 2.25. The average molecular weight is 524 g/mol. The van der Waals surface area contributed by atoms with Crippen LogP contribution in [0.2, 0.25) is 0 Å². The molecule has 0 aliphatic carbocycles. The number of carbonyl (C=O) groups is 2. The van der Waals surface area contributed by atoms with E-state index < -0.39 is 18.2 Å². The van der Waals surface area contributed by atoms with Crippen LogP contribution in [0.25, 0.3) is 28.3 Å². The number of aromatic nitrogens is 1. The molecule has 0 aliphatic rings. The maximum Gasteiger partial charge on any atom is 0.327 e. The molecule has 5 N–H and O–H groups in total. The number of hydrogen-bond donors (Lipinski definition) is 4. The molecule has 8 nitrogen and oxygen atoms in total. The van der Waals surface area contributed by atoms with Gasteiger partial charge in [-0.05, 0) is 50.1 Å². The van der Waals surface area contributed by atoms with Crippen molar-refractivity contribution in [1.29, 1.82) is 0 Å². The molecule has 2 atom stereocenters. The summed E-state index contributed by atoms with van der Waals surface area (Å²) in [5, 5.41) is 23.6. The van der Waals surface area contributed by atoms with E-state index in [-0.39, 0.29) is 30.6 Å². The van der Waals surface area contributed by atoms with Crippen molar-refractivity contribution >= 4 is 18.0 Å². The van der Waals surface area contributed by atoms with Crippen molar-refractivity contribution in [3.8, 4) is 22.3 Å². The molecule has 1 heterocycles. The van der Waals surface area contributed by atoms with Gasteiger partial charge in [0.2, 0.25) is 0 Å². The summed E-state index contributed by atoms with van der Waals surface area (Å²) in [6.45, 7) is 6.16. The molecule has 0 spiro atoms. The number of amides is 1. The quantitative estimate of drug-likeness (QED) is 0.279. The zero-order valence-electron chi connectivity index (χ0n) is 21.7. The molecule has 9 heteroatoms. The molecule has 0 aliphatic heterocycles. The van der Waals surface area contributed by atoms with Crippen LogP contribution < -0.4 is 11.2 Å². The minimum atomic E-state index is -1.16. The summed E-state index contributed by atoms with van der Waals surface area (Å²) in [7, 11) is 0. The lowest BCUT2D eigenvalue weighted by atomic mass is 9.94. The minimum absolute atomic E-state index is 0.130. The summed E-state index contributed by atoms with van der Waals surface area (Å²) in [6.07, 6.45) is 0.421. The van der Waals surface area contributed by atoms with Gasteiger partial charge in [0, 0.05) is 35.8 Å². The molecule has 38 heavy (non-hydrogen) atoms. The molecule has 2 unspecified atom stereocenters. The van der Waals surface area contributed by atoms with Gasteiger partial charge < -0.3 is 24.9 Å². The number of nitrogens with two attached hydrogens (primary N) is 1. The van der Waals surface area contributed by atoms with Crippen LogP contribution in [0.15, 0.2) is 60.7 Å². The Labute approximate surface area is 221 Å². The molecule has 0 fully saturated rings. The summed E-state index contributed by atoms with van der Waals surface area (Å²) in [5.41, 5.74) is 3.93. The van der Waals surface area contributed by atoms with Gasteiger partial charge in [0.1, 0.15) is 11.5 Å². The monoisotopic (exact) mass is 523 g/mol. The third kappa shape index (κ3) is 6.74. The SMILES string of the molecule is CCNC(=O)c1c(-c2ccccc2)c(-c2ccc(F)cc2)c(C=CC(O)CC(O)CC(=O)ON)n1C(C)C. The van der Waals surface area contributed by atoms with Gasteiger partial charge in [-0.3, -0.25) is 9.59 Å². The molecule has 0 saturated carbocycles. The van der Waals surface area contributed by atoms with E-state index >= 15 is 0 Å². The topological polar surface area (TPSA) is 127 Å². The van der Waals surface area contributed by atoms with Gasteiger partial charge in [0.15, 0.2) is 0 Å². The van der Waals surface area contributed by atoms with Gasteiger partial charge >= 0.3 is 5.97 Å². The third-order valence-corrected chi connectivity index (χ3v) is 6.03. The fourth-order valence-corrected chi connectivity index (χ4v) is 4.45. The molecule has 3 rings (SSSR count). The molecule has 0 bridgehead atoms. The molecule has 1 aromatic heterocycles. The number of hydrogen-bond acceptors (Lipinski definition) is 6. The summed E-state index contributed by atoms with van der Waals surface area (Å²) in [5.74, 6) is 3.38. The van der Waals surface area contributed by atoms with Crippen LogP contribution in [-0.4, -0.2) is 45.4 Å². The van der Waals surface area contributed by atoms with E-state index in [0.717, 1.165) is 5.56 Å². The number of halogens is 1. The average Bonchev–Trinajstić information content (AvgIpc) is 3.24. The highest BCUT2D eigenvalue weighted by molar-refractivity contribution is 6.06. The second-order valence-electron chi connectivity index (χ2n) is 9.19. The Morgan fingerprint density at radius 1 is 1.05 bits per heavy atom. The standard InChI is InChI=1S/C29H34FN3O5/c1-4-32-29(37)28-27(19-8-6-5-7-9-19)26(20-10-12-21(30)13-11-20)24(33(28)18(2)3)15-14-22(34)16-23(35)17-25(36)38-31/h5-15,18,22-23,34-35H,4,16-17,31H2,1-3H3,(H,32,37). The van der Waals surface area contributed by atoms with E-state index in [2.05, 4.69) is 10.2 Å². The van der Waals surface area contributed by atoms with Crippen LogP contribution >= 0.6 is 0 Å². The van der Waals surface area contributed by atoms with Crippen molar-refractivity contribution in [2.24, 2.45) is 5.90 Å². The lowest BCUT2D eigenvalue weighted by Gasteiger charge is -2.17. The van der Waals surface area contributed by atoms with Crippen molar-refractivity contribution in [3.63, 3.8) is 0 Å². The van der Waals surface area contributed by atoms with Gasteiger partial charge in [-0.15, -0.1) is 0 Å². The minimum Gasteiger partial charge on any atom is -0.392 e. The Hall–Kier alpha value is -3.79. The molecular formula is C29H34FN3O5. The first-order valence-corrected chi connectivity index (χ1v) is 12.5. The fourth-order valence-electron chi connectivity index (χ4n) is 4.45. The van der Waals surface area contributed by atoms with Crippen molar-refractivity contribution in [2.75, 3.05) is 6.54 Å². The number of carbonyl (C=O) groups excluding carboxylic acids is 2. The van der Waals surface area contributed by atoms with Gasteiger partial charge in [-0.1, -0.05) is 48.5 Å². The number of nitrogens with one attached hydrogen (secondary N) is 1. The van der Waals surface area contributed by atoms with Crippen molar-refractivity contribution < 1.29 is 29.0 Å². The Bertz CT molecular complexity index is 1270. The number of rotatable bonds is 11. The Morgan fingerprint density at radius 2 is 1.68 bits per heavy atom. The molecule has 0 saturated heterocycles. The second kappa shape index (κ2) is 13.1. The van der Waals surface area contributed by atoms with Crippen molar-refractivity contribution in [3.05, 3.63) is 77.9 Å². The van der Waals surface area contributed by atoms with Crippen LogP contribution in [0.1, 0.15) is 55.8 Å². The van der Waals surface area contributed by atoms with Crippen molar-refractivity contribution in [2.45, 2.75) is 51.9 Å². The van der Waals surface area contributed by atoms with Crippen LogP contribution in [0, 0.1) is 5.82 Å².